The van der Waals surface area contributed by atoms with E-state index in [-0.39, 0.29) is 17.8 Å². The van der Waals surface area contributed by atoms with E-state index in [9.17, 15) is 9.59 Å². The van der Waals surface area contributed by atoms with E-state index in [1.165, 1.54) is 39.2 Å². The topological polar surface area (TPSA) is 46.6 Å². The molecule has 0 bridgehead atoms. The molecule has 0 aromatic heterocycles. The Balaban J connectivity index is 2.64. The molecule has 1 atom stereocenters. The van der Waals surface area contributed by atoms with Crippen LogP contribution in [0.2, 0.25) is 0 Å². The van der Waals surface area contributed by atoms with Crippen LogP contribution in [-0.4, -0.2) is 36.5 Å². The summed E-state index contributed by atoms with van der Waals surface area (Å²) in [6.45, 7) is 3.90. The predicted octanol–water partition coefficient (Wildman–Crippen LogP) is 2.76. The van der Waals surface area contributed by atoms with Crippen LogP contribution in [0.4, 0.5) is 0 Å². The van der Waals surface area contributed by atoms with E-state index in [2.05, 4.69) is 0 Å². The Labute approximate surface area is 116 Å². The smallest absolute Gasteiger partial charge is 0.310 e. The third-order valence-electron chi connectivity index (χ3n) is 3.99. The minimum absolute atomic E-state index is 0.0707. The number of methoxy groups -OCH3 is 1. The second kappa shape index (κ2) is 8.18. The molecule has 0 spiro atoms. The summed E-state index contributed by atoms with van der Waals surface area (Å²) in [6.07, 6.45) is 8.32. The molecule has 1 aliphatic carbocycles. The summed E-state index contributed by atoms with van der Waals surface area (Å²) in [5.74, 6) is -0.419. The summed E-state index contributed by atoms with van der Waals surface area (Å²) in [5, 5.41) is 0. The molecule has 4 nitrogen and oxygen atoms in total. The lowest BCUT2D eigenvalue weighted by atomic mass is 9.95. The largest absolute Gasteiger partial charge is 0.469 e. The molecule has 0 aromatic rings. The van der Waals surface area contributed by atoms with Gasteiger partial charge in [0.1, 0.15) is 0 Å². The quantitative estimate of drug-likeness (QED) is 0.737. The van der Waals surface area contributed by atoms with Gasteiger partial charge in [0, 0.05) is 19.5 Å². The van der Waals surface area contributed by atoms with Gasteiger partial charge in [-0.1, -0.05) is 39.0 Å². The van der Waals surface area contributed by atoms with Crippen molar-refractivity contribution >= 4 is 11.9 Å². The van der Waals surface area contributed by atoms with Crippen LogP contribution in [0.1, 0.15) is 58.8 Å². The normalized spacial score (nSPS) is 19.1. The van der Waals surface area contributed by atoms with Crippen molar-refractivity contribution in [2.75, 3.05) is 13.7 Å². The molecule has 1 amide bonds. The van der Waals surface area contributed by atoms with Gasteiger partial charge >= 0.3 is 5.97 Å². The maximum absolute atomic E-state index is 11.9. The zero-order valence-electron chi connectivity index (χ0n) is 12.5. The summed E-state index contributed by atoms with van der Waals surface area (Å²) in [5.41, 5.74) is 0. The fourth-order valence-corrected chi connectivity index (χ4v) is 2.85. The van der Waals surface area contributed by atoms with Crippen LogP contribution in [0, 0.1) is 5.92 Å². The maximum atomic E-state index is 11.9. The number of carbonyl (C=O) groups is 2. The molecule has 110 valence electrons. The third-order valence-corrected chi connectivity index (χ3v) is 3.99. The van der Waals surface area contributed by atoms with Crippen molar-refractivity contribution in [3.05, 3.63) is 0 Å². The van der Waals surface area contributed by atoms with Crippen LogP contribution >= 0.6 is 0 Å². The van der Waals surface area contributed by atoms with Crippen molar-refractivity contribution in [3.8, 4) is 0 Å². The number of carbonyl (C=O) groups excluding carboxylic acids is 2. The van der Waals surface area contributed by atoms with Gasteiger partial charge in [-0.05, 0) is 12.8 Å². The van der Waals surface area contributed by atoms with Gasteiger partial charge in [-0.3, -0.25) is 9.59 Å². The van der Waals surface area contributed by atoms with Crippen molar-refractivity contribution in [3.63, 3.8) is 0 Å². The molecule has 1 fully saturated rings. The number of hydrogen-bond donors (Lipinski definition) is 0. The first-order chi connectivity index (χ1) is 9.06. The molecular weight excluding hydrogens is 242 g/mol. The molecule has 1 unspecified atom stereocenters. The van der Waals surface area contributed by atoms with Gasteiger partial charge in [0.25, 0.3) is 0 Å². The first-order valence-electron chi connectivity index (χ1n) is 7.41. The predicted molar refractivity (Wildman–Crippen MR) is 74.7 cm³/mol. The van der Waals surface area contributed by atoms with Gasteiger partial charge in [0.05, 0.1) is 13.0 Å². The summed E-state index contributed by atoms with van der Waals surface area (Å²) in [4.78, 5) is 25.3. The van der Waals surface area contributed by atoms with Crippen LogP contribution in [0.3, 0.4) is 0 Å². The number of rotatable bonds is 4. The highest BCUT2D eigenvalue weighted by Crippen LogP contribution is 2.22. The monoisotopic (exact) mass is 269 g/mol. The molecule has 0 radical (unpaired) electrons. The molecule has 1 saturated carbocycles. The number of hydrogen-bond acceptors (Lipinski definition) is 3. The van der Waals surface area contributed by atoms with E-state index >= 15 is 0 Å². The lowest BCUT2D eigenvalue weighted by Crippen LogP contribution is -2.43. The third kappa shape index (κ3) is 5.21. The minimum atomic E-state index is -0.251. The Morgan fingerprint density at radius 2 is 1.68 bits per heavy atom. The molecule has 4 heteroatoms. The van der Waals surface area contributed by atoms with Gasteiger partial charge < -0.3 is 9.64 Å². The second-order valence-electron chi connectivity index (χ2n) is 5.59. The van der Waals surface area contributed by atoms with Gasteiger partial charge in [0.2, 0.25) is 5.91 Å². The Bertz CT molecular complexity index is 296. The Morgan fingerprint density at radius 3 is 2.16 bits per heavy atom. The summed E-state index contributed by atoms with van der Waals surface area (Å²) >= 11 is 0. The number of esters is 1. The molecule has 19 heavy (non-hydrogen) atoms. The molecule has 0 saturated heterocycles. The zero-order chi connectivity index (χ0) is 14.3. The Morgan fingerprint density at radius 1 is 1.16 bits per heavy atom. The van der Waals surface area contributed by atoms with Crippen LogP contribution < -0.4 is 0 Å². The average Bonchev–Trinajstić information content (AvgIpc) is 2.34. The molecule has 0 aliphatic heterocycles. The van der Waals surface area contributed by atoms with Gasteiger partial charge in [0.15, 0.2) is 0 Å². The van der Waals surface area contributed by atoms with Crippen molar-refractivity contribution in [1.82, 2.24) is 4.90 Å². The lowest BCUT2D eigenvalue weighted by molar-refractivity contribution is -0.146. The molecule has 0 heterocycles. The second-order valence-corrected chi connectivity index (χ2v) is 5.59. The first kappa shape index (κ1) is 16.0. The summed E-state index contributed by atoms with van der Waals surface area (Å²) in [6, 6.07) is 0.296. The molecule has 1 aliphatic rings. The standard InChI is InChI=1S/C15H27NO3/c1-12(15(18)19-3)11-16(13(2)17)14-9-7-5-4-6-8-10-14/h12,14H,4-11H2,1-3H3. The number of ether oxygens (including phenoxy) is 1. The van der Waals surface area contributed by atoms with Crippen molar-refractivity contribution in [2.24, 2.45) is 5.92 Å². The molecular formula is C15H27NO3. The molecule has 0 aromatic carbocycles. The fraction of sp³-hybridized carbons (Fsp3) is 0.867. The van der Waals surface area contributed by atoms with E-state index in [1.54, 1.807) is 6.92 Å². The van der Waals surface area contributed by atoms with Crippen LogP contribution in [0.15, 0.2) is 0 Å². The van der Waals surface area contributed by atoms with Crippen molar-refractivity contribution in [1.29, 1.82) is 0 Å². The van der Waals surface area contributed by atoms with E-state index in [0.717, 1.165) is 12.8 Å². The summed E-state index contributed by atoms with van der Waals surface area (Å²) in [7, 11) is 1.40. The highest BCUT2D eigenvalue weighted by molar-refractivity contribution is 5.76. The Hall–Kier alpha value is -1.06. The fourth-order valence-electron chi connectivity index (χ4n) is 2.85. The highest BCUT2D eigenvalue weighted by atomic mass is 16.5. The SMILES string of the molecule is COC(=O)C(C)CN(C(C)=O)C1CCCCCCC1. The van der Waals surface area contributed by atoms with Crippen LogP contribution in [-0.2, 0) is 14.3 Å². The average molecular weight is 269 g/mol. The van der Waals surface area contributed by atoms with E-state index in [0.29, 0.717) is 12.6 Å². The summed E-state index contributed by atoms with van der Waals surface area (Å²) < 4.78 is 4.75. The van der Waals surface area contributed by atoms with Gasteiger partial charge in [-0.2, -0.15) is 0 Å². The van der Waals surface area contributed by atoms with Crippen molar-refractivity contribution in [2.45, 2.75) is 64.8 Å². The first-order valence-corrected chi connectivity index (χ1v) is 7.41. The highest BCUT2D eigenvalue weighted by Gasteiger charge is 2.25. The molecule has 0 N–H and O–H groups in total. The maximum Gasteiger partial charge on any atom is 0.310 e. The number of nitrogens with zero attached hydrogens (tertiary/aromatic N) is 1. The van der Waals surface area contributed by atoms with E-state index < -0.39 is 0 Å². The lowest BCUT2D eigenvalue weighted by Gasteiger charge is -2.33. The van der Waals surface area contributed by atoms with Gasteiger partial charge in [-0.15, -0.1) is 0 Å². The number of amides is 1. The van der Waals surface area contributed by atoms with E-state index in [1.807, 2.05) is 11.8 Å². The van der Waals surface area contributed by atoms with Crippen molar-refractivity contribution < 1.29 is 14.3 Å². The molecule has 1 rings (SSSR count). The van der Waals surface area contributed by atoms with Crippen LogP contribution in [0.5, 0.6) is 0 Å². The Kier molecular flexibility index (Phi) is 6.89. The van der Waals surface area contributed by atoms with Crippen LogP contribution in [0.25, 0.3) is 0 Å². The minimum Gasteiger partial charge on any atom is -0.469 e. The zero-order valence-corrected chi connectivity index (χ0v) is 12.5. The van der Waals surface area contributed by atoms with Gasteiger partial charge in [-0.25, -0.2) is 0 Å². The van der Waals surface area contributed by atoms with E-state index in [4.69, 9.17) is 4.74 Å².